The molecule has 138 valence electrons. The van der Waals surface area contributed by atoms with Gasteiger partial charge in [0.2, 0.25) is 10.0 Å². The number of carboxylic acid groups (broad SMARTS) is 1. The molecule has 1 atom stereocenters. The van der Waals surface area contributed by atoms with E-state index in [1.165, 1.54) is 12.1 Å². The second kappa shape index (κ2) is 7.83. The Kier molecular flexibility index (Phi) is 6.02. The van der Waals surface area contributed by atoms with Gasteiger partial charge in [-0.3, -0.25) is 14.3 Å². The summed E-state index contributed by atoms with van der Waals surface area (Å²) in [4.78, 5) is 23.6. The predicted octanol–water partition coefficient (Wildman–Crippen LogP) is 1.20. The number of carbonyl (C=O) groups excluding carboxylic acids is 1. The normalized spacial score (nSPS) is 20.2. The number of carboxylic acids is 1. The third-order valence-electron chi connectivity index (χ3n) is 3.84. The van der Waals surface area contributed by atoms with Crippen molar-refractivity contribution in [2.24, 2.45) is 0 Å². The first-order chi connectivity index (χ1) is 11.8. The molecule has 25 heavy (non-hydrogen) atoms. The van der Waals surface area contributed by atoms with E-state index < -0.39 is 27.4 Å². The molecular formula is C16H22N2O6S. The van der Waals surface area contributed by atoms with E-state index in [1.54, 1.807) is 19.1 Å². The lowest BCUT2D eigenvalue weighted by Gasteiger charge is -2.27. The number of amides is 1. The lowest BCUT2D eigenvalue weighted by molar-refractivity contribution is -0.138. The molecule has 8 nitrogen and oxygen atoms in total. The van der Waals surface area contributed by atoms with Gasteiger partial charge in [-0.05, 0) is 31.0 Å². The highest BCUT2D eigenvalue weighted by Gasteiger charge is 2.38. The Hall–Kier alpha value is -2.13. The highest BCUT2D eigenvalue weighted by Crippen LogP contribution is 2.24. The molecule has 1 fully saturated rings. The fraction of sp³-hybridized carbons (Fsp3) is 0.500. The minimum absolute atomic E-state index is 0.0114. The molecule has 9 heteroatoms. The molecule has 1 aliphatic heterocycles. The molecule has 0 saturated carbocycles. The summed E-state index contributed by atoms with van der Waals surface area (Å²) in [6.45, 7) is 2.27. The zero-order chi connectivity index (χ0) is 18.5. The van der Waals surface area contributed by atoms with Gasteiger partial charge >= 0.3 is 5.97 Å². The number of anilines is 1. The van der Waals surface area contributed by atoms with Crippen LogP contribution < -0.4 is 10.0 Å². The van der Waals surface area contributed by atoms with Crippen LogP contribution in [0.3, 0.4) is 0 Å². The molecule has 1 aromatic carbocycles. The van der Waals surface area contributed by atoms with Gasteiger partial charge in [0, 0.05) is 17.9 Å². The number of rotatable bonds is 8. The first-order valence-corrected chi connectivity index (χ1v) is 9.63. The van der Waals surface area contributed by atoms with Gasteiger partial charge in [0.15, 0.2) is 0 Å². The van der Waals surface area contributed by atoms with E-state index in [9.17, 15) is 18.0 Å². The molecule has 0 bridgehead atoms. The summed E-state index contributed by atoms with van der Waals surface area (Å²) in [6, 6.07) is 6.08. The second-order valence-electron chi connectivity index (χ2n) is 6.11. The van der Waals surface area contributed by atoms with Crippen molar-refractivity contribution in [3.05, 3.63) is 29.8 Å². The fourth-order valence-electron chi connectivity index (χ4n) is 2.72. The number of hydrogen-bond acceptors (Lipinski definition) is 5. The van der Waals surface area contributed by atoms with E-state index in [0.29, 0.717) is 19.4 Å². The number of aliphatic carboxylic acids is 1. The molecule has 0 spiro atoms. The van der Waals surface area contributed by atoms with Gasteiger partial charge in [0.05, 0.1) is 24.3 Å². The van der Waals surface area contributed by atoms with Crippen molar-refractivity contribution in [2.75, 3.05) is 23.7 Å². The summed E-state index contributed by atoms with van der Waals surface area (Å²) in [7, 11) is -3.46. The van der Waals surface area contributed by atoms with Gasteiger partial charge in [-0.25, -0.2) is 8.42 Å². The first-order valence-electron chi connectivity index (χ1n) is 7.98. The summed E-state index contributed by atoms with van der Waals surface area (Å²) < 4.78 is 31.3. The molecule has 1 heterocycles. The molecule has 0 aliphatic carbocycles. The van der Waals surface area contributed by atoms with Crippen LogP contribution in [-0.2, 0) is 19.6 Å². The van der Waals surface area contributed by atoms with Crippen LogP contribution in [0.15, 0.2) is 24.3 Å². The van der Waals surface area contributed by atoms with Crippen molar-refractivity contribution in [3.8, 4) is 0 Å². The molecule has 3 N–H and O–H groups in total. The molecule has 1 aliphatic rings. The standard InChI is InChI=1S/C16H22N2O6S/c1-2-8-25(22,23)18-13-5-3-4-12(9-13)15(21)17-16(10-14(19)20)6-7-24-11-16/h3-5,9,18H,2,6-8,10-11H2,1H3,(H,17,21)(H,19,20). The van der Waals surface area contributed by atoms with Crippen molar-refractivity contribution >= 4 is 27.6 Å². The summed E-state index contributed by atoms with van der Waals surface area (Å²) in [5.41, 5.74) is -0.412. The minimum Gasteiger partial charge on any atom is -0.481 e. The van der Waals surface area contributed by atoms with Crippen LogP contribution in [0, 0.1) is 0 Å². The average Bonchev–Trinajstić information content (AvgIpc) is 2.94. The van der Waals surface area contributed by atoms with E-state index in [4.69, 9.17) is 9.84 Å². The van der Waals surface area contributed by atoms with E-state index in [1.807, 2.05) is 0 Å². The Morgan fingerprint density at radius 3 is 2.72 bits per heavy atom. The van der Waals surface area contributed by atoms with Gasteiger partial charge in [0.1, 0.15) is 0 Å². The summed E-state index contributed by atoms with van der Waals surface area (Å²) in [5.74, 6) is -1.50. The molecule has 1 unspecified atom stereocenters. The Labute approximate surface area is 146 Å². The van der Waals surface area contributed by atoms with Crippen molar-refractivity contribution in [3.63, 3.8) is 0 Å². The van der Waals surface area contributed by atoms with Crippen molar-refractivity contribution in [1.29, 1.82) is 0 Å². The lowest BCUT2D eigenvalue weighted by Crippen LogP contribution is -2.50. The van der Waals surface area contributed by atoms with Crippen LogP contribution in [-0.4, -0.2) is 49.9 Å². The number of carbonyl (C=O) groups is 2. The fourth-order valence-corrected chi connectivity index (χ4v) is 3.84. The Balaban J connectivity index is 2.14. The van der Waals surface area contributed by atoms with Gasteiger partial charge in [0.25, 0.3) is 5.91 Å². The van der Waals surface area contributed by atoms with E-state index in [0.717, 1.165) is 0 Å². The number of benzene rings is 1. The van der Waals surface area contributed by atoms with Gasteiger partial charge in [-0.15, -0.1) is 0 Å². The zero-order valence-electron chi connectivity index (χ0n) is 13.9. The van der Waals surface area contributed by atoms with Crippen molar-refractivity contribution in [2.45, 2.75) is 31.7 Å². The van der Waals surface area contributed by atoms with Crippen LogP contribution in [0.25, 0.3) is 0 Å². The Bertz CT molecular complexity index is 741. The molecule has 1 amide bonds. The van der Waals surface area contributed by atoms with Crippen LogP contribution in [0.2, 0.25) is 0 Å². The van der Waals surface area contributed by atoms with Gasteiger partial charge in [-0.2, -0.15) is 0 Å². The molecule has 2 rings (SSSR count). The lowest BCUT2D eigenvalue weighted by atomic mass is 9.93. The maximum absolute atomic E-state index is 12.5. The number of hydrogen-bond donors (Lipinski definition) is 3. The predicted molar refractivity (Wildman–Crippen MR) is 92.0 cm³/mol. The third kappa shape index (κ3) is 5.43. The molecule has 0 aromatic heterocycles. The smallest absolute Gasteiger partial charge is 0.305 e. The van der Waals surface area contributed by atoms with Crippen LogP contribution >= 0.6 is 0 Å². The Morgan fingerprint density at radius 2 is 2.12 bits per heavy atom. The van der Waals surface area contributed by atoms with Crippen LogP contribution in [0.5, 0.6) is 0 Å². The number of ether oxygens (including phenoxy) is 1. The minimum atomic E-state index is -3.46. The topological polar surface area (TPSA) is 122 Å². The maximum atomic E-state index is 12.5. The van der Waals surface area contributed by atoms with Crippen molar-refractivity contribution < 1.29 is 27.9 Å². The molecule has 1 aromatic rings. The van der Waals surface area contributed by atoms with Crippen LogP contribution in [0.1, 0.15) is 36.5 Å². The van der Waals surface area contributed by atoms with Crippen LogP contribution in [0.4, 0.5) is 5.69 Å². The number of sulfonamides is 1. The monoisotopic (exact) mass is 370 g/mol. The highest BCUT2D eigenvalue weighted by atomic mass is 32.2. The van der Waals surface area contributed by atoms with Gasteiger partial charge in [-0.1, -0.05) is 13.0 Å². The first kappa shape index (κ1) is 19.2. The Morgan fingerprint density at radius 1 is 1.36 bits per heavy atom. The number of nitrogens with one attached hydrogen (secondary N) is 2. The summed E-state index contributed by atoms with van der Waals surface area (Å²) in [6.07, 6.45) is 0.655. The SMILES string of the molecule is CCCS(=O)(=O)Nc1cccc(C(=O)NC2(CC(=O)O)CCOC2)c1. The highest BCUT2D eigenvalue weighted by molar-refractivity contribution is 7.92. The largest absolute Gasteiger partial charge is 0.481 e. The maximum Gasteiger partial charge on any atom is 0.305 e. The summed E-state index contributed by atoms with van der Waals surface area (Å²) in [5, 5.41) is 11.8. The van der Waals surface area contributed by atoms with Crippen molar-refractivity contribution in [1.82, 2.24) is 5.32 Å². The zero-order valence-corrected chi connectivity index (χ0v) is 14.8. The summed E-state index contributed by atoms with van der Waals surface area (Å²) >= 11 is 0. The quantitative estimate of drug-likeness (QED) is 0.632. The van der Waals surface area contributed by atoms with E-state index in [2.05, 4.69) is 10.0 Å². The molecule has 1 saturated heterocycles. The van der Waals surface area contributed by atoms with E-state index >= 15 is 0 Å². The molecule has 0 radical (unpaired) electrons. The third-order valence-corrected chi connectivity index (χ3v) is 5.33. The second-order valence-corrected chi connectivity index (χ2v) is 7.95. The average molecular weight is 370 g/mol. The van der Waals surface area contributed by atoms with Gasteiger partial charge < -0.3 is 15.2 Å². The van der Waals surface area contributed by atoms with E-state index in [-0.39, 0.29) is 30.0 Å². The molecular weight excluding hydrogens is 348 g/mol.